The van der Waals surface area contributed by atoms with Crippen molar-refractivity contribution in [1.29, 1.82) is 0 Å². The number of nitrogens with zero attached hydrogens (tertiary/aromatic N) is 2. The first-order valence-corrected chi connectivity index (χ1v) is 6.47. The molecule has 2 aromatic rings. The molecule has 0 aliphatic heterocycles. The average molecular weight is 231 g/mol. The lowest BCUT2D eigenvalue weighted by molar-refractivity contribution is 0.567. The Morgan fingerprint density at radius 1 is 1.29 bits per heavy atom. The molecule has 0 spiro atoms. The highest BCUT2D eigenvalue weighted by molar-refractivity contribution is 5.76. The molecular formula is C14H21N3. The number of hydrogen-bond acceptors (Lipinski definition) is 2. The van der Waals surface area contributed by atoms with Crippen molar-refractivity contribution in [2.75, 3.05) is 6.54 Å². The van der Waals surface area contributed by atoms with E-state index in [4.69, 9.17) is 10.7 Å². The van der Waals surface area contributed by atoms with E-state index in [0.29, 0.717) is 12.5 Å². The Morgan fingerprint density at radius 3 is 2.71 bits per heavy atom. The van der Waals surface area contributed by atoms with E-state index in [2.05, 4.69) is 36.6 Å². The summed E-state index contributed by atoms with van der Waals surface area (Å²) in [6.45, 7) is 6.06. The topological polar surface area (TPSA) is 43.8 Å². The van der Waals surface area contributed by atoms with Crippen molar-refractivity contribution < 1.29 is 0 Å². The van der Waals surface area contributed by atoms with E-state index in [1.54, 1.807) is 0 Å². The molecule has 17 heavy (non-hydrogen) atoms. The minimum absolute atomic E-state index is 0.369. The lowest BCUT2D eigenvalue weighted by Gasteiger charge is -2.14. The molecule has 0 saturated carbocycles. The van der Waals surface area contributed by atoms with Gasteiger partial charge in [0.2, 0.25) is 0 Å². The summed E-state index contributed by atoms with van der Waals surface area (Å²) in [6, 6.07) is 8.33. The van der Waals surface area contributed by atoms with Crippen LogP contribution >= 0.6 is 0 Å². The maximum Gasteiger partial charge on any atom is 0.114 e. The first-order chi connectivity index (χ1) is 8.31. The molecule has 1 atom stereocenters. The zero-order valence-electron chi connectivity index (χ0n) is 10.7. The Balaban J connectivity index is 2.56. The molecule has 1 unspecified atom stereocenters. The van der Waals surface area contributed by atoms with Crippen LogP contribution in [-0.2, 0) is 6.54 Å². The van der Waals surface area contributed by atoms with Crippen LogP contribution in [-0.4, -0.2) is 16.1 Å². The summed E-state index contributed by atoms with van der Waals surface area (Å²) < 4.78 is 2.33. The fraction of sp³-hybridized carbons (Fsp3) is 0.500. The molecule has 0 bridgehead atoms. The predicted octanol–water partition coefficient (Wildman–Crippen LogP) is 2.90. The van der Waals surface area contributed by atoms with E-state index in [-0.39, 0.29) is 0 Å². The van der Waals surface area contributed by atoms with Crippen LogP contribution in [0.3, 0.4) is 0 Å². The van der Waals surface area contributed by atoms with Gasteiger partial charge in [-0.3, -0.25) is 0 Å². The number of nitrogens with two attached hydrogens (primary N) is 1. The number of hydrogen-bond donors (Lipinski definition) is 1. The summed E-state index contributed by atoms with van der Waals surface area (Å²) >= 11 is 0. The van der Waals surface area contributed by atoms with Crippen molar-refractivity contribution in [3.8, 4) is 0 Å². The highest BCUT2D eigenvalue weighted by atomic mass is 15.1. The third kappa shape index (κ3) is 2.20. The molecule has 3 heteroatoms. The van der Waals surface area contributed by atoms with E-state index in [9.17, 15) is 0 Å². The van der Waals surface area contributed by atoms with Gasteiger partial charge in [-0.2, -0.15) is 0 Å². The predicted molar refractivity (Wildman–Crippen MR) is 72.1 cm³/mol. The highest BCUT2D eigenvalue weighted by Crippen LogP contribution is 2.23. The van der Waals surface area contributed by atoms with Gasteiger partial charge in [0.25, 0.3) is 0 Å². The molecular weight excluding hydrogens is 210 g/mol. The molecule has 0 aliphatic carbocycles. The number of aryl methyl sites for hydroxylation is 1. The van der Waals surface area contributed by atoms with E-state index < -0.39 is 0 Å². The second-order valence-corrected chi connectivity index (χ2v) is 4.45. The van der Waals surface area contributed by atoms with Crippen molar-refractivity contribution in [2.24, 2.45) is 5.73 Å². The van der Waals surface area contributed by atoms with Gasteiger partial charge in [0.1, 0.15) is 5.82 Å². The monoisotopic (exact) mass is 231 g/mol. The molecule has 1 heterocycles. The maximum atomic E-state index is 5.85. The number of fused-ring (bicyclic) bond motifs is 1. The summed E-state index contributed by atoms with van der Waals surface area (Å²) in [5.41, 5.74) is 8.17. The Kier molecular flexibility index (Phi) is 3.79. The average Bonchev–Trinajstić information content (AvgIpc) is 2.71. The second kappa shape index (κ2) is 5.32. The van der Waals surface area contributed by atoms with Gasteiger partial charge in [0.15, 0.2) is 0 Å². The summed E-state index contributed by atoms with van der Waals surface area (Å²) in [5, 5.41) is 0. The lowest BCUT2D eigenvalue weighted by Crippen LogP contribution is -2.17. The number of para-hydroxylation sites is 2. The Morgan fingerprint density at radius 2 is 2.06 bits per heavy atom. The maximum absolute atomic E-state index is 5.85. The van der Waals surface area contributed by atoms with Crippen molar-refractivity contribution in [3.63, 3.8) is 0 Å². The summed E-state index contributed by atoms with van der Waals surface area (Å²) in [5.74, 6) is 1.52. The SMILES string of the molecule is CCCn1c(C(CC)CN)nc2ccccc21. The van der Waals surface area contributed by atoms with Crippen molar-refractivity contribution in [3.05, 3.63) is 30.1 Å². The zero-order chi connectivity index (χ0) is 12.3. The van der Waals surface area contributed by atoms with Gasteiger partial charge >= 0.3 is 0 Å². The summed E-state index contributed by atoms with van der Waals surface area (Å²) in [4.78, 5) is 4.76. The number of rotatable bonds is 5. The molecule has 2 N–H and O–H groups in total. The Labute approximate surface area is 103 Å². The van der Waals surface area contributed by atoms with E-state index in [1.165, 1.54) is 5.52 Å². The number of benzene rings is 1. The van der Waals surface area contributed by atoms with Gasteiger partial charge in [0, 0.05) is 19.0 Å². The van der Waals surface area contributed by atoms with Gasteiger partial charge in [-0.15, -0.1) is 0 Å². The van der Waals surface area contributed by atoms with Gasteiger partial charge in [0.05, 0.1) is 11.0 Å². The molecule has 3 nitrogen and oxygen atoms in total. The minimum atomic E-state index is 0.369. The molecule has 1 aromatic carbocycles. The van der Waals surface area contributed by atoms with Crippen LogP contribution in [0.15, 0.2) is 24.3 Å². The van der Waals surface area contributed by atoms with Crippen molar-refractivity contribution in [2.45, 2.75) is 39.2 Å². The standard InChI is InChI=1S/C14H21N3/c1-3-9-17-13-8-6-5-7-12(13)16-14(17)11(4-2)10-15/h5-8,11H,3-4,9-10,15H2,1-2H3. The molecule has 0 aliphatic rings. The van der Waals surface area contributed by atoms with E-state index in [1.807, 2.05) is 6.07 Å². The van der Waals surface area contributed by atoms with Crippen LogP contribution in [0.2, 0.25) is 0 Å². The third-order valence-electron chi connectivity index (χ3n) is 3.27. The summed E-state index contributed by atoms with van der Waals surface area (Å²) in [6.07, 6.45) is 2.16. The zero-order valence-corrected chi connectivity index (χ0v) is 10.7. The molecule has 0 fully saturated rings. The van der Waals surface area contributed by atoms with Crippen LogP contribution < -0.4 is 5.73 Å². The lowest BCUT2D eigenvalue weighted by atomic mass is 10.1. The summed E-state index contributed by atoms with van der Waals surface area (Å²) in [7, 11) is 0. The largest absolute Gasteiger partial charge is 0.330 e. The fourth-order valence-electron chi connectivity index (χ4n) is 2.32. The third-order valence-corrected chi connectivity index (χ3v) is 3.27. The van der Waals surface area contributed by atoms with Crippen molar-refractivity contribution >= 4 is 11.0 Å². The van der Waals surface area contributed by atoms with Crippen LogP contribution in [0.4, 0.5) is 0 Å². The molecule has 0 amide bonds. The first kappa shape index (κ1) is 12.1. The molecule has 2 rings (SSSR count). The van der Waals surface area contributed by atoms with Gasteiger partial charge < -0.3 is 10.3 Å². The molecule has 0 radical (unpaired) electrons. The van der Waals surface area contributed by atoms with E-state index in [0.717, 1.165) is 30.7 Å². The number of imidazole rings is 1. The normalized spacial score (nSPS) is 13.1. The van der Waals surface area contributed by atoms with Crippen LogP contribution in [0.25, 0.3) is 11.0 Å². The van der Waals surface area contributed by atoms with Crippen LogP contribution in [0.1, 0.15) is 38.4 Å². The minimum Gasteiger partial charge on any atom is -0.330 e. The van der Waals surface area contributed by atoms with Crippen LogP contribution in [0, 0.1) is 0 Å². The smallest absolute Gasteiger partial charge is 0.114 e. The Hall–Kier alpha value is -1.35. The van der Waals surface area contributed by atoms with Gasteiger partial charge in [-0.05, 0) is 25.0 Å². The first-order valence-electron chi connectivity index (χ1n) is 6.47. The fourth-order valence-corrected chi connectivity index (χ4v) is 2.32. The van der Waals surface area contributed by atoms with Crippen LogP contribution in [0.5, 0.6) is 0 Å². The van der Waals surface area contributed by atoms with Crippen molar-refractivity contribution in [1.82, 2.24) is 9.55 Å². The number of aromatic nitrogens is 2. The molecule has 1 aromatic heterocycles. The molecule has 0 saturated heterocycles. The van der Waals surface area contributed by atoms with E-state index >= 15 is 0 Å². The second-order valence-electron chi connectivity index (χ2n) is 4.45. The quantitative estimate of drug-likeness (QED) is 0.860. The van der Waals surface area contributed by atoms with Gasteiger partial charge in [-0.25, -0.2) is 4.98 Å². The highest BCUT2D eigenvalue weighted by Gasteiger charge is 2.16. The molecule has 92 valence electrons. The van der Waals surface area contributed by atoms with Gasteiger partial charge in [-0.1, -0.05) is 26.0 Å². The Bertz CT molecular complexity index is 483.